The molecule has 1 aliphatic rings. The van der Waals surface area contributed by atoms with Crippen molar-refractivity contribution in [2.24, 2.45) is 5.41 Å². The fourth-order valence-electron chi connectivity index (χ4n) is 2.30. The Morgan fingerprint density at radius 1 is 0.737 bits per heavy atom. The quantitative estimate of drug-likeness (QED) is 0.431. The number of hydrogen-bond donors (Lipinski definition) is 0. The fourth-order valence-corrected chi connectivity index (χ4v) is 9.58. The van der Waals surface area contributed by atoms with Crippen molar-refractivity contribution < 1.29 is 39.5 Å². The maximum absolute atomic E-state index is 12.7. The normalized spacial score (nSPS) is 20.8. The van der Waals surface area contributed by atoms with Gasteiger partial charge in [-0.2, -0.15) is 0 Å². The first-order chi connectivity index (χ1) is 7.99. The first-order valence-electron chi connectivity index (χ1n) is 4.95. The Labute approximate surface area is 106 Å². The van der Waals surface area contributed by atoms with Crippen molar-refractivity contribution in [1.29, 1.82) is 0 Å². The predicted molar refractivity (Wildman–Crippen MR) is 51.0 cm³/mol. The van der Waals surface area contributed by atoms with Crippen LogP contribution in [0.2, 0.25) is 14.8 Å². The summed E-state index contributed by atoms with van der Waals surface area (Å²) in [5, 5.41) is 0. The van der Waals surface area contributed by atoms with E-state index in [9.17, 15) is 39.5 Å². The van der Waals surface area contributed by atoms with Gasteiger partial charge in [0.2, 0.25) is 0 Å². The summed E-state index contributed by atoms with van der Waals surface area (Å²) in [5.41, 5.74) is -7.21. The van der Waals surface area contributed by atoms with E-state index >= 15 is 0 Å². The van der Waals surface area contributed by atoms with Gasteiger partial charge in [-0.1, -0.05) is 0 Å². The van der Waals surface area contributed by atoms with Crippen molar-refractivity contribution in [2.45, 2.75) is 33.3 Å². The van der Waals surface area contributed by atoms with Crippen molar-refractivity contribution in [3.8, 4) is 0 Å². The van der Waals surface area contributed by atoms with E-state index in [1.165, 1.54) is 0 Å². The molecule has 0 unspecified atom stereocenters. The van der Waals surface area contributed by atoms with Crippen molar-refractivity contribution in [1.82, 2.24) is 0 Å². The van der Waals surface area contributed by atoms with Crippen LogP contribution in [0.1, 0.15) is 0 Å². The van der Waals surface area contributed by atoms with Crippen LogP contribution in [0.15, 0.2) is 9.16 Å². The third-order valence-electron chi connectivity index (χ3n) is 2.82. The molecule has 0 radical (unpaired) electrons. The zero-order valence-corrected chi connectivity index (χ0v) is 12.8. The molecule has 0 heterocycles. The minimum atomic E-state index is -6.02. The summed E-state index contributed by atoms with van der Waals surface area (Å²) < 4.78 is 113. The second-order valence-electron chi connectivity index (χ2n) is 5.24. The molecule has 0 nitrogen and oxygen atoms in total. The van der Waals surface area contributed by atoms with Gasteiger partial charge in [0.15, 0.2) is 0 Å². The number of rotatable bonds is 1. The first kappa shape index (κ1) is 17.0. The predicted octanol–water partition coefficient (Wildman–Crippen LogP) is 4.85. The summed E-state index contributed by atoms with van der Waals surface area (Å²) in [6, 6.07) is 0. The van der Waals surface area contributed by atoms with Crippen LogP contribution in [0.25, 0.3) is 0 Å². The van der Waals surface area contributed by atoms with E-state index in [4.69, 9.17) is 0 Å². The Balaban J connectivity index is 3.58. The second-order valence-corrected chi connectivity index (χ2v) is 19.5. The van der Waals surface area contributed by atoms with Crippen LogP contribution in [0.5, 0.6) is 0 Å². The monoisotopic (exact) mass is 408 g/mol. The van der Waals surface area contributed by atoms with Crippen LogP contribution in [-0.2, 0) is 0 Å². The Morgan fingerprint density at radius 3 is 1.11 bits per heavy atom. The molecule has 0 fully saturated rings. The molecule has 0 amide bonds. The van der Waals surface area contributed by atoms with E-state index in [1.54, 1.807) is 0 Å². The minimum absolute atomic E-state index is 1.09. The van der Waals surface area contributed by atoms with Crippen molar-refractivity contribution >= 4 is 18.4 Å². The van der Waals surface area contributed by atoms with Gasteiger partial charge in [0.25, 0.3) is 0 Å². The van der Waals surface area contributed by atoms with Crippen molar-refractivity contribution in [3.63, 3.8) is 0 Å². The molecule has 0 aromatic heterocycles. The second kappa shape index (κ2) is 3.97. The van der Waals surface area contributed by atoms with E-state index in [2.05, 4.69) is 0 Å². The molecule has 0 bridgehead atoms. The van der Waals surface area contributed by atoms with Gasteiger partial charge in [-0.05, 0) is 0 Å². The molecule has 0 aromatic carbocycles. The molecule has 0 atom stereocenters. The molecule has 0 aliphatic heterocycles. The van der Waals surface area contributed by atoms with Crippen molar-refractivity contribution in [3.05, 3.63) is 9.16 Å². The zero-order valence-electron chi connectivity index (χ0n) is 9.90. The van der Waals surface area contributed by atoms with Crippen LogP contribution >= 0.6 is 0 Å². The standard InChI is InChI=1S/C6F9.3CH3.Sn/c7-4(8,9)2-1-3(2,5(10,11)12)6(13,14)15;;;;/h;3*1H3;. The molecule has 1 rings (SSSR count). The van der Waals surface area contributed by atoms with Gasteiger partial charge in [0.05, 0.1) is 0 Å². The van der Waals surface area contributed by atoms with E-state index in [0.717, 1.165) is 14.8 Å². The van der Waals surface area contributed by atoms with Gasteiger partial charge in [0, 0.05) is 0 Å². The number of allylic oxidation sites excluding steroid dienone is 2. The third-order valence-corrected chi connectivity index (χ3v) is 8.89. The van der Waals surface area contributed by atoms with Crippen LogP contribution < -0.4 is 0 Å². The maximum atomic E-state index is 12.7. The molecular formula is C9H9F9Sn. The fraction of sp³-hybridized carbons (Fsp3) is 0.778. The van der Waals surface area contributed by atoms with Crippen LogP contribution in [-0.4, -0.2) is 36.9 Å². The Kier molecular flexibility index (Phi) is 3.54. The number of hydrogen-bond acceptors (Lipinski definition) is 0. The molecule has 0 spiro atoms. The van der Waals surface area contributed by atoms with E-state index in [-0.39, 0.29) is 0 Å². The van der Waals surface area contributed by atoms with Crippen molar-refractivity contribution in [2.75, 3.05) is 0 Å². The summed E-state index contributed by atoms with van der Waals surface area (Å²) in [4.78, 5) is 3.28. The summed E-state index contributed by atoms with van der Waals surface area (Å²) in [5.74, 6) is 0. The van der Waals surface area contributed by atoms with Crippen LogP contribution in [0, 0.1) is 5.41 Å². The van der Waals surface area contributed by atoms with Gasteiger partial charge < -0.3 is 0 Å². The molecule has 0 saturated heterocycles. The molecule has 0 aromatic rings. The van der Waals surface area contributed by atoms with Gasteiger partial charge >= 0.3 is 106 Å². The summed E-state index contributed by atoms with van der Waals surface area (Å²) >= 11 is -4.22. The molecule has 0 saturated carbocycles. The Morgan fingerprint density at radius 2 is 1.05 bits per heavy atom. The summed E-state index contributed by atoms with van der Waals surface area (Å²) in [6.07, 6.45) is -17.7. The molecule has 10 heteroatoms. The average Bonchev–Trinajstić information content (AvgIpc) is 2.66. The van der Waals surface area contributed by atoms with Gasteiger partial charge in [-0.25, -0.2) is 0 Å². The SMILES string of the molecule is [CH3][Sn]([CH3])([CH3])[C]1=C(C(F)(F)F)C1(C(F)(F)F)C(F)(F)F. The van der Waals surface area contributed by atoms with Gasteiger partial charge in [-0.3, -0.25) is 0 Å². The Hall–Kier alpha value is -0.0913. The average molecular weight is 407 g/mol. The van der Waals surface area contributed by atoms with Crippen LogP contribution in [0.4, 0.5) is 39.5 Å². The third kappa shape index (κ3) is 2.35. The number of halogens is 9. The molecular weight excluding hydrogens is 398 g/mol. The molecule has 19 heavy (non-hydrogen) atoms. The van der Waals surface area contributed by atoms with E-state index in [0.29, 0.717) is 0 Å². The first-order valence-corrected chi connectivity index (χ1v) is 14.9. The Bertz CT molecular complexity index is 375. The molecule has 1 aliphatic carbocycles. The summed E-state index contributed by atoms with van der Waals surface area (Å²) in [6.45, 7) is 0. The number of alkyl halides is 9. The van der Waals surface area contributed by atoms with Crippen LogP contribution in [0.3, 0.4) is 0 Å². The molecule has 112 valence electrons. The zero-order chi connectivity index (χ0) is 15.7. The van der Waals surface area contributed by atoms with E-state index in [1.807, 2.05) is 0 Å². The topological polar surface area (TPSA) is 0 Å². The van der Waals surface area contributed by atoms with Gasteiger partial charge in [0.1, 0.15) is 0 Å². The van der Waals surface area contributed by atoms with E-state index < -0.39 is 51.5 Å². The summed E-state index contributed by atoms with van der Waals surface area (Å²) in [7, 11) is 0. The van der Waals surface area contributed by atoms with Gasteiger partial charge in [-0.15, -0.1) is 0 Å². The molecule has 0 N–H and O–H groups in total.